The SMILES string of the molecule is Cc1c(N)cc2c(c1C)O[C@H](C)[C@@H]2c1ccc(C(C)C)cc1. The molecule has 2 heteroatoms. The van der Waals surface area contributed by atoms with E-state index in [1.807, 2.05) is 0 Å². The predicted molar refractivity (Wildman–Crippen MR) is 92.8 cm³/mol. The second-order valence-corrected chi connectivity index (χ2v) is 6.76. The van der Waals surface area contributed by atoms with Crippen LogP contribution in [0.15, 0.2) is 30.3 Å². The summed E-state index contributed by atoms with van der Waals surface area (Å²) < 4.78 is 6.16. The lowest BCUT2D eigenvalue weighted by Gasteiger charge is -2.17. The number of fused-ring (bicyclic) bond motifs is 1. The molecule has 0 aromatic heterocycles. The van der Waals surface area contributed by atoms with Gasteiger partial charge in [-0.05, 0) is 55.0 Å². The Morgan fingerprint density at radius 3 is 2.27 bits per heavy atom. The summed E-state index contributed by atoms with van der Waals surface area (Å²) in [5, 5.41) is 0. The van der Waals surface area contributed by atoms with Crippen LogP contribution >= 0.6 is 0 Å². The van der Waals surface area contributed by atoms with E-state index < -0.39 is 0 Å². The Balaban J connectivity index is 2.07. The summed E-state index contributed by atoms with van der Waals surface area (Å²) in [6, 6.07) is 11.0. The first-order valence-corrected chi connectivity index (χ1v) is 8.06. The first kappa shape index (κ1) is 15.0. The fourth-order valence-corrected chi connectivity index (χ4v) is 3.38. The molecule has 0 fully saturated rings. The first-order valence-electron chi connectivity index (χ1n) is 8.06. The smallest absolute Gasteiger partial charge is 0.127 e. The summed E-state index contributed by atoms with van der Waals surface area (Å²) in [6.07, 6.45) is 0.139. The summed E-state index contributed by atoms with van der Waals surface area (Å²) in [5.41, 5.74) is 13.2. The highest BCUT2D eigenvalue weighted by Gasteiger charge is 2.34. The highest BCUT2D eigenvalue weighted by molar-refractivity contribution is 5.63. The zero-order valence-corrected chi connectivity index (χ0v) is 14.1. The number of ether oxygens (including phenoxy) is 1. The summed E-state index contributed by atoms with van der Waals surface area (Å²) in [6.45, 7) is 10.7. The fraction of sp³-hybridized carbons (Fsp3) is 0.400. The van der Waals surface area contributed by atoms with Crippen LogP contribution < -0.4 is 10.5 Å². The van der Waals surface area contributed by atoms with Gasteiger partial charge in [-0.1, -0.05) is 38.1 Å². The third kappa shape index (κ3) is 2.27. The highest BCUT2D eigenvalue weighted by atomic mass is 16.5. The van der Waals surface area contributed by atoms with Gasteiger partial charge in [-0.15, -0.1) is 0 Å². The summed E-state index contributed by atoms with van der Waals surface area (Å²) in [7, 11) is 0. The normalized spacial score (nSPS) is 20.1. The molecular weight excluding hydrogens is 270 g/mol. The van der Waals surface area contributed by atoms with Gasteiger partial charge in [0.05, 0.1) is 0 Å². The van der Waals surface area contributed by atoms with Gasteiger partial charge in [-0.3, -0.25) is 0 Å². The van der Waals surface area contributed by atoms with Crippen LogP contribution in [0.4, 0.5) is 5.69 Å². The Morgan fingerprint density at radius 1 is 1.05 bits per heavy atom. The van der Waals surface area contributed by atoms with Crippen molar-refractivity contribution in [3.8, 4) is 5.75 Å². The van der Waals surface area contributed by atoms with Crippen molar-refractivity contribution < 1.29 is 4.74 Å². The molecule has 2 atom stereocenters. The summed E-state index contributed by atoms with van der Waals surface area (Å²) in [5.74, 6) is 1.84. The number of nitrogen functional groups attached to an aromatic ring is 1. The lowest BCUT2D eigenvalue weighted by atomic mass is 9.86. The second kappa shape index (κ2) is 5.35. The van der Waals surface area contributed by atoms with Crippen molar-refractivity contribution in [1.82, 2.24) is 0 Å². The molecule has 116 valence electrons. The van der Waals surface area contributed by atoms with Crippen molar-refractivity contribution >= 4 is 5.69 Å². The minimum atomic E-state index is 0.139. The third-order valence-electron chi connectivity index (χ3n) is 4.98. The van der Waals surface area contributed by atoms with Gasteiger partial charge in [0.25, 0.3) is 0 Å². The van der Waals surface area contributed by atoms with Crippen LogP contribution in [0.1, 0.15) is 60.4 Å². The van der Waals surface area contributed by atoms with E-state index in [2.05, 4.69) is 65.0 Å². The van der Waals surface area contributed by atoms with Crippen molar-refractivity contribution in [2.75, 3.05) is 5.73 Å². The molecule has 22 heavy (non-hydrogen) atoms. The van der Waals surface area contributed by atoms with Crippen LogP contribution in [-0.4, -0.2) is 6.10 Å². The summed E-state index contributed by atoms with van der Waals surface area (Å²) >= 11 is 0. The number of nitrogens with two attached hydrogens (primary N) is 1. The molecule has 0 spiro atoms. The second-order valence-electron chi connectivity index (χ2n) is 6.76. The standard InChI is InChI=1S/C20H25NO/c1-11(2)15-6-8-16(9-7-15)19-14(5)22-20-13(4)12(3)18(21)10-17(19)20/h6-11,14,19H,21H2,1-5H3/t14-,19-/m1/s1. The maximum Gasteiger partial charge on any atom is 0.127 e. The number of anilines is 1. The highest BCUT2D eigenvalue weighted by Crippen LogP contribution is 2.46. The van der Waals surface area contributed by atoms with Gasteiger partial charge in [-0.25, -0.2) is 0 Å². The molecule has 2 aromatic carbocycles. The topological polar surface area (TPSA) is 35.2 Å². The van der Waals surface area contributed by atoms with Crippen molar-refractivity contribution in [2.24, 2.45) is 0 Å². The number of hydrogen-bond donors (Lipinski definition) is 1. The van der Waals surface area contributed by atoms with Crippen LogP contribution in [0.2, 0.25) is 0 Å². The largest absolute Gasteiger partial charge is 0.489 e. The number of hydrogen-bond acceptors (Lipinski definition) is 2. The molecule has 0 radical (unpaired) electrons. The van der Waals surface area contributed by atoms with Gasteiger partial charge in [0.2, 0.25) is 0 Å². The molecule has 0 saturated heterocycles. The minimum Gasteiger partial charge on any atom is -0.489 e. The van der Waals surface area contributed by atoms with E-state index >= 15 is 0 Å². The Morgan fingerprint density at radius 2 is 1.68 bits per heavy atom. The number of benzene rings is 2. The lowest BCUT2D eigenvalue weighted by Crippen LogP contribution is -2.15. The van der Waals surface area contributed by atoms with Gasteiger partial charge in [0.15, 0.2) is 0 Å². The van der Waals surface area contributed by atoms with Crippen molar-refractivity contribution in [2.45, 2.75) is 52.6 Å². The molecular formula is C20H25NO. The van der Waals surface area contributed by atoms with Crippen LogP contribution in [-0.2, 0) is 0 Å². The molecule has 0 saturated carbocycles. The van der Waals surface area contributed by atoms with Gasteiger partial charge in [0.1, 0.15) is 11.9 Å². The van der Waals surface area contributed by atoms with Crippen molar-refractivity contribution in [3.05, 3.63) is 58.1 Å². The Kier molecular flexibility index (Phi) is 3.64. The molecule has 1 aliphatic rings. The zero-order chi connectivity index (χ0) is 16.0. The number of rotatable bonds is 2. The van der Waals surface area contributed by atoms with Crippen LogP contribution in [0.25, 0.3) is 0 Å². The van der Waals surface area contributed by atoms with E-state index in [9.17, 15) is 0 Å². The van der Waals surface area contributed by atoms with E-state index in [4.69, 9.17) is 10.5 Å². The van der Waals surface area contributed by atoms with Crippen LogP contribution in [0.5, 0.6) is 5.75 Å². The minimum absolute atomic E-state index is 0.139. The van der Waals surface area contributed by atoms with Gasteiger partial charge >= 0.3 is 0 Å². The molecule has 0 bridgehead atoms. The van der Waals surface area contributed by atoms with E-state index in [-0.39, 0.29) is 12.0 Å². The van der Waals surface area contributed by atoms with Crippen LogP contribution in [0.3, 0.4) is 0 Å². The zero-order valence-electron chi connectivity index (χ0n) is 14.1. The predicted octanol–water partition coefficient (Wildman–Crippen LogP) is 4.92. The molecule has 2 N–H and O–H groups in total. The fourth-order valence-electron chi connectivity index (χ4n) is 3.38. The maximum absolute atomic E-state index is 6.19. The van der Waals surface area contributed by atoms with Gasteiger partial charge in [0, 0.05) is 17.2 Å². The molecule has 2 nitrogen and oxygen atoms in total. The molecule has 0 aliphatic carbocycles. The maximum atomic E-state index is 6.19. The molecule has 0 amide bonds. The Hall–Kier alpha value is -1.96. The first-order chi connectivity index (χ1) is 10.4. The molecule has 1 aliphatic heterocycles. The van der Waals surface area contributed by atoms with E-state index in [1.54, 1.807) is 0 Å². The van der Waals surface area contributed by atoms with Crippen molar-refractivity contribution in [3.63, 3.8) is 0 Å². The molecule has 0 unspecified atom stereocenters. The monoisotopic (exact) mass is 295 g/mol. The average Bonchev–Trinajstić information content (AvgIpc) is 2.81. The molecule has 1 heterocycles. The van der Waals surface area contributed by atoms with Crippen LogP contribution in [0, 0.1) is 13.8 Å². The Labute approximate surface area is 133 Å². The quantitative estimate of drug-likeness (QED) is 0.798. The van der Waals surface area contributed by atoms with Gasteiger partial charge < -0.3 is 10.5 Å². The lowest BCUT2D eigenvalue weighted by molar-refractivity contribution is 0.237. The van der Waals surface area contributed by atoms with E-state index in [1.165, 1.54) is 22.3 Å². The van der Waals surface area contributed by atoms with Crippen molar-refractivity contribution in [1.29, 1.82) is 0 Å². The average molecular weight is 295 g/mol. The van der Waals surface area contributed by atoms with E-state index in [0.29, 0.717) is 5.92 Å². The Bertz CT molecular complexity index is 701. The van der Waals surface area contributed by atoms with Gasteiger partial charge in [-0.2, -0.15) is 0 Å². The third-order valence-corrected chi connectivity index (χ3v) is 4.98. The molecule has 2 aromatic rings. The van der Waals surface area contributed by atoms with E-state index in [0.717, 1.165) is 17.0 Å². The summed E-state index contributed by atoms with van der Waals surface area (Å²) in [4.78, 5) is 0. The molecule has 3 rings (SSSR count).